The average Bonchev–Trinajstić information content (AvgIpc) is 2.75. The fraction of sp³-hybridized carbons (Fsp3) is 0.833. The predicted molar refractivity (Wildman–Crippen MR) is 55.2 cm³/mol. The standard InChI is InChI=1S/C12H22/c1-4-10(2)7-5-6-8-12-9-11(12)3/h8,10-11H,4-7,9H2,1-3H3. The summed E-state index contributed by atoms with van der Waals surface area (Å²) in [5.41, 5.74) is 1.71. The first-order valence-electron chi connectivity index (χ1n) is 5.43. The molecule has 1 fully saturated rings. The van der Waals surface area contributed by atoms with Crippen molar-refractivity contribution < 1.29 is 0 Å². The SMILES string of the molecule is CCC(C)CCCC=C1CC1C. The molecule has 2 atom stereocenters. The monoisotopic (exact) mass is 166 g/mol. The summed E-state index contributed by atoms with van der Waals surface area (Å²) in [7, 11) is 0. The van der Waals surface area contributed by atoms with Gasteiger partial charge in [-0.05, 0) is 31.1 Å². The van der Waals surface area contributed by atoms with Crippen LogP contribution in [0.3, 0.4) is 0 Å². The van der Waals surface area contributed by atoms with Gasteiger partial charge in [-0.25, -0.2) is 0 Å². The first-order valence-corrected chi connectivity index (χ1v) is 5.43. The third-order valence-corrected chi connectivity index (χ3v) is 3.02. The highest BCUT2D eigenvalue weighted by molar-refractivity contribution is 5.21. The van der Waals surface area contributed by atoms with Gasteiger partial charge in [0, 0.05) is 0 Å². The Hall–Kier alpha value is -0.260. The first-order chi connectivity index (χ1) is 5.74. The molecular weight excluding hydrogens is 144 g/mol. The van der Waals surface area contributed by atoms with Crippen LogP contribution in [0, 0.1) is 11.8 Å². The number of unbranched alkanes of at least 4 members (excludes halogenated alkanes) is 1. The van der Waals surface area contributed by atoms with Crippen LogP contribution in [0.15, 0.2) is 11.6 Å². The molecule has 0 bridgehead atoms. The molecule has 0 aliphatic heterocycles. The zero-order chi connectivity index (χ0) is 8.97. The van der Waals surface area contributed by atoms with Crippen LogP contribution in [0.1, 0.15) is 52.9 Å². The summed E-state index contributed by atoms with van der Waals surface area (Å²) in [5, 5.41) is 0. The van der Waals surface area contributed by atoms with E-state index in [-0.39, 0.29) is 0 Å². The van der Waals surface area contributed by atoms with Crippen LogP contribution in [0.25, 0.3) is 0 Å². The maximum atomic E-state index is 2.47. The molecule has 0 heterocycles. The Bertz CT molecular complexity index is 155. The van der Waals surface area contributed by atoms with Crippen molar-refractivity contribution in [2.24, 2.45) is 11.8 Å². The molecule has 0 radical (unpaired) electrons. The molecule has 1 rings (SSSR count). The fourth-order valence-electron chi connectivity index (χ4n) is 1.54. The summed E-state index contributed by atoms with van der Waals surface area (Å²) in [5.74, 6) is 1.86. The van der Waals surface area contributed by atoms with E-state index in [0.717, 1.165) is 11.8 Å². The molecule has 1 saturated carbocycles. The van der Waals surface area contributed by atoms with Crippen LogP contribution in [0.4, 0.5) is 0 Å². The van der Waals surface area contributed by atoms with E-state index >= 15 is 0 Å². The molecule has 0 heteroatoms. The number of hydrogen-bond donors (Lipinski definition) is 0. The lowest BCUT2D eigenvalue weighted by molar-refractivity contribution is 0.498. The summed E-state index contributed by atoms with van der Waals surface area (Å²) >= 11 is 0. The highest BCUT2D eigenvalue weighted by Crippen LogP contribution is 2.37. The van der Waals surface area contributed by atoms with Gasteiger partial charge in [-0.15, -0.1) is 0 Å². The number of hydrogen-bond acceptors (Lipinski definition) is 0. The fourth-order valence-corrected chi connectivity index (χ4v) is 1.54. The topological polar surface area (TPSA) is 0 Å². The van der Waals surface area contributed by atoms with Gasteiger partial charge in [0.2, 0.25) is 0 Å². The third-order valence-electron chi connectivity index (χ3n) is 3.02. The molecule has 0 aromatic rings. The third kappa shape index (κ3) is 3.42. The molecule has 70 valence electrons. The van der Waals surface area contributed by atoms with E-state index in [9.17, 15) is 0 Å². The quantitative estimate of drug-likeness (QED) is 0.425. The van der Waals surface area contributed by atoms with Gasteiger partial charge >= 0.3 is 0 Å². The zero-order valence-corrected chi connectivity index (χ0v) is 8.77. The number of rotatable bonds is 5. The minimum atomic E-state index is 0.925. The van der Waals surface area contributed by atoms with Gasteiger partial charge in [0.1, 0.15) is 0 Å². The van der Waals surface area contributed by atoms with E-state index in [1.807, 2.05) is 0 Å². The van der Waals surface area contributed by atoms with Crippen LogP contribution in [-0.2, 0) is 0 Å². The second-order valence-electron chi connectivity index (χ2n) is 4.33. The van der Waals surface area contributed by atoms with Gasteiger partial charge in [0.25, 0.3) is 0 Å². The number of allylic oxidation sites excluding steroid dienone is 2. The van der Waals surface area contributed by atoms with Crippen LogP contribution >= 0.6 is 0 Å². The minimum absolute atomic E-state index is 0.925. The van der Waals surface area contributed by atoms with Crippen LogP contribution in [0.5, 0.6) is 0 Å². The van der Waals surface area contributed by atoms with Crippen LogP contribution < -0.4 is 0 Å². The van der Waals surface area contributed by atoms with Gasteiger partial charge < -0.3 is 0 Å². The molecule has 12 heavy (non-hydrogen) atoms. The average molecular weight is 166 g/mol. The van der Waals surface area contributed by atoms with E-state index in [4.69, 9.17) is 0 Å². The van der Waals surface area contributed by atoms with E-state index in [0.29, 0.717) is 0 Å². The molecule has 0 aromatic heterocycles. The highest BCUT2D eigenvalue weighted by Gasteiger charge is 2.22. The normalized spacial score (nSPS) is 27.6. The van der Waals surface area contributed by atoms with Crippen LogP contribution in [-0.4, -0.2) is 0 Å². The Balaban J connectivity index is 1.96. The minimum Gasteiger partial charge on any atom is -0.0850 e. The van der Waals surface area contributed by atoms with Crippen molar-refractivity contribution in [3.8, 4) is 0 Å². The molecule has 1 aliphatic rings. The lowest BCUT2D eigenvalue weighted by Crippen LogP contribution is -1.90. The van der Waals surface area contributed by atoms with Crippen molar-refractivity contribution in [2.75, 3.05) is 0 Å². The Kier molecular flexibility index (Phi) is 3.84. The lowest BCUT2D eigenvalue weighted by Gasteiger charge is -2.05. The summed E-state index contributed by atoms with van der Waals surface area (Å²) in [4.78, 5) is 0. The molecule has 1 aliphatic carbocycles. The smallest absolute Gasteiger partial charge is 0.0194 e. The van der Waals surface area contributed by atoms with E-state index < -0.39 is 0 Å². The van der Waals surface area contributed by atoms with Crippen LogP contribution in [0.2, 0.25) is 0 Å². The molecule has 2 unspecified atom stereocenters. The van der Waals surface area contributed by atoms with Crippen molar-refractivity contribution in [1.82, 2.24) is 0 Å². The largest absolute Gasteiger partial charge is 0.0850 e. The Morgan fingerprint density at radius 3 is 2.75 bits per heavy atom. The Morgan fingerprint density at radius 2 is 2.25 bits per heavy atom. The second-order valence-corrected chi connectivity index (χ2v) is 4.33. The summed E-state index contributed by atoms with van der Waals surface area (Å²) in [6.45, 7) is 6.96. The zero-order valence-electron chi connectivity index (χ0n) is 8.77. The maximum Gasteiger partial charge on any atom is -0.0194 e. The predicted octanol–water partition coefficient (Wildman–Crippen LogP) is 4.17. The van der Waals surface area contributed by atoms with Gasteiger partial charge in [0.15, 0.2) is 0 Å². The van der Waals surface area contributed by atoms with Crippen molar-refractivity contribution >= 4 is 0 Å². The molecular formula is C12H22. The Morgan fingerprint density at radius 1 is 1.58 bits per heavy atom. The Labute approximate surface area is 77.1 Å². The van der Waals surface area contributed by atoms with Gasteiger partial charge in [-0.1, -0.05) is 45.3 Å². The van der Waals surface area contributed by atoms with E-state index in [2.05, 4.69) is 26.8 Å². The van der Waals surface area contributed by atoms with E-state index in [1.54, 1.807) is 5.57 Å². The van der Waals surface area contributed by atoms with E-state index in [1.165, 1.54) is 32.1 Å². The van der Waals surface area contributed by atoms with Gasteiger partial charge in [0.05, 0.1) is 0 Å². The maximum absolute atomic E-state index is 2.47. The molecule has 0 spiro atoms. The molecule has 0 nitrogen and oxygen atoms in total. The second kappa shape index (κ2) is 4.69. The highest BCUT2D eigenvalue weighted by atomic mass is 14.3. The molecule has 0 amide bonds. The van der Waals surface area contributed by atoms with Gasteiger partial charge in [-0.3, -0.25) is 0 Å². The molecule has 0 saturated heterocycles. The molecule has 0 N–H and O–H groups in total. The van der Waals surface area contributed by atoms with Gasteiger partial charge in [-0.2, -0.15) is 0 Å². The summed E-state index contributed by atoms with van der Waals surface area (Å²) < 4.78 is 0. The van der Waals surface area contributed by atoms with Crippen molar-refractivity contribution in [3.05, 3.63) is 11.6 Å². The summed E-state index contributed by atoms with van der Waals surface area (Å²) in [6.07, 6.45) is 9.31. The van der Waals surface area contributed by atoms with Crippen molar-refractivity contribution in [1.29, 1.82) is 0 Å². The first kappa shape index (κ1) is 9.83. The lowest BCUT2D eigenvalue weighted by atomic mass is 10.0. The van der Waals surface area contributed by atoms with Crippen molar-refractivity contribution in [2.45, 2.75) is 52.9 Å². The van der Waals surface area contributed by atoms with Crippen molar-refractivity contribution in [3.63, 3.8) is 0 Å². The summed E-state index contributed by atoms with van der Waals surface area (Å²) in [6, 6.07) is 0. The molecule has 0 aromatic carbocycles.